The maximum absolute atomic E-state index is 4.93. The molecule has 0 bridgehead atoms. The summed E-state index contributed by atoms with van der Waals surface area (Å²) >= 11 is 0. The number of allylic oxidation sites excluding steroid dienone is 3. The molecule has 0 aliphatic rings. The zero-order chi connectivity index (χ0) is 8.69. The fourth-order valence-corrected chi connectivity index (χ4v) is 0.591. The minimum Gasteiger partial charge on any atom is -0.380 e. The highest BCUT2D eigenvalue weighted by Gasteiger charge is 1.84. The van der Waals surface area contributed by atoms with Gasteiger partial charge in [-0.1, -0.05) is 6.08 Å². The van der Waals surface area contributed by atoms with Gasteiger partial charge in [0.25, 0.3) is 0 Å². The third-order valence-corrected chi connectivity index (χ3v) is 1.23. The smallest absolute Gasteiger partial charge is 0.0673 e. The van der Waals surface area contributed by atoms with Gasteiger partial charge in [0.2, 0.25) is 0 Å². The predicted octanol–water partition coefficient (Wildman–Crippen LogP) is 2.18. The lowest BCUT2D eigenvalue weighted by Crippen LogP contribution is -1.88. The Balaban J connectivity index is 3.99. The summed E-state index contributed by atoms with van der Waals surface area (Å²) in [6, 6.07) is 0. The SMILES string of the molecule is C=NC(C)=CC=C(C)COC. The van der Waals surface area contributed by atoms with Crippen LogP contribution in [0.15, 0.2) is 28.4 Å². The van der Waals surface area contributed by atoms with Crippen LogP contribution in [0.2, 0.25) is 0 Å². The molecular formula is C9H15NO. The second-order valence-electron chi connectivity index (χ2n) is 2.41. The van der Waals surface area contributed by atoms with Gasteiger partial charge in [-0.25, -0.2) is 0 Å². The number of methoxy groups -OCH3 is 1. The molecule has 0 amide bonds. The van der Waals surface area contributed by atoms with Crippen molar-refractivity contribution in [3.05, 3.63) is 23.4 Å². The van der Waals surface area contributed by atoms with Crippen molar-refractivity contribution in [1.29, 1.82) is 0 Å². The Morgan fingerprint density at radius 3 is 2.55 bits per heavy atom. The molecule has 0 atom stereocenters. The van der Waals surface area contributed by atoms with Gasteiger partial charge in [-0.05, 0) is 32.2 Å². The van der Waals surface area contributed by atoms with E-state index in [0.717, 1.165) is 5.70 Å². The Bertz CT molecular complexity index is 180. The maximum Gasteiger partial charge on any atom is 0.0673 e. The molecule has 0 aromatic rings. The lowest BCUT2D eigenvalue weighted by molar-refractivity contribution is 0.226. The lowest BCUT2D eigenvalue weighted by atomic mass is 10.3. The minimum absolute atomic E-state index is 0.668. The van der Waals surface area contributed by atoms with Crippen molar-refractivity contribution in [2.24, 2.45) is 4.99 Å². The standard InChI is InChI=1S/C9H15NO/c1-8(7-11-4)5-6-9(2)10-3/h5-6H,3,7H2,1-2,4H3. The number of hydrogen-bond donors (Lipinski definition) is 0. The molecule has 0 aromatic heterocycles. The van der Waals surface area contributed by atoms with E-state index in [1.165, 1.54) is 5.57 Å². The molecule has 0 fully saturated rings. The third-order valence-electron chi connectivity index (χ3n) is 1.23. The summed E-state index contributed by atoms with van der Waals surface area (Å²) in [7, 11) is 1.68. The van der Waals surface area contributed by atoms with E-state index in [4.69, 9.17) is 4.74 Å². The molecule has 0 spiro atoms. The zero-order valence-corrected chi connectivity index (χ0v) is 7.42. The monoisotopic (exact) mass is 153 g/mol. The van der Waals surface area contributed by atoms with Crippen molar-refractivity contribution in [3.63, 3.8) is 0 Å². The Morgan fingerprint density at radius 2 is 2.09 bits per heavy atom. The van der Waals surface area contributed by atoms with Crippen molar-refractivity contribution in [2.75, 3.05) is 13.7 Å². The van der Waals surface area contributed by atoms with Crippen molar-refractivity contribution in [1.82, 2.24) is 0 Å². The predicted molar refractivity (Wildman–Crippen MR) is 48.9 cm³/mol. The average molecular weight is 153 g/mol. The van der Waals surface area contributed by atoms with E-state index in [1.54, 1.807) is 7.11 Å². The number of rotatable bonds is 4. The molecule has 2 nitrogen and oxygen atoms in total. The van der Waals surface area contributed by atoms with Crippen LogP contribution in [0, 0.1) is 0 Å². The van der Waals surface area contributed by atoms with E-state index in [9.17, 15) is 0 Å². The van der Waals surface area contributed by atoms with Crippen LogP contribution in [0.1, 0.15) is 13.8 Å². The van der Waals surface area contributed by atoms with Crippen molar-refractivity contribution in [3.8, 4) is 0 Å². The lowest BCUT2D eigenvalue weighted by Gasteiger charge is -1.95. The first-order chi connectivity index (χ1) is 5.20. The minimum atomic E-state index is 0.668. The summed E-state index contributed by atoms with van der Waals surface area (Å²) in [5.74, 6) is 0. The second kappa shape index (κ2) is 5.86. The molecule has 0 aromatic carbocycles. The summed E-state index contributed by atoms with van der Waals surface area (Å²) in [6.07, 6.45) is 3.90. The molecule has 0 aliphatic carbocycles. The number of nitrogens with zero attached hydrogens (tertiary/aromatic N) is 1. The zero-order valence-electron chi connectivity index (χ0n) is 7.42. The molecule has 2 heteroatoms. The van der Waals surface area contributed by atoms with E-state index in [1.807, 2.05) is 26.0 Å². The van der Waals surface area contributed by atoms with Gasteiger partial charge in [-0.15, -0.1) is 0 Å². The van der Waals surface area contributed by atoms with Crippen LogP contribution >= 0.6 is 0 Å². The van der Waals surface area contributed by atoms with Crippen LogP contribution in [-0.4, -0.2) is 20.4 Å². The Kier molecular flexibility index (Phi) is 5.39. The number of aliphatic imine (C=N–C) groups is 1. The molecule has 0 aliphatic heterocycles. The number of ether oxygens (including phenoxy) is 1. The molecular weight excluding hydrogens is 138 g/mol. The van der Waals surface area contributed by atoms with Gasteiger partial charge in [0, 0.05) is 12.8 Å². The van der Waals surface area contributed by atoms with Crippen molar-refractivity contribution < 1.29 is 4.74 Å². The normalized spacial score (nSPS) is 13.4. The average Bonchev–Trinajstić information content (AvgIpc) is 2.01. The van der Waals surface area contributed by atoms with E-state index in [0.29, 0.717) is 6.61 Å². The van der Waals surface area contributed by atoms with Gasteiger partial charge < -0.3 is 4.74 Å². The number of hydrogen-bond acceptors (Lipinski definition) is 2. The van der Waals surface area contributed by atoms with Gasteiger partial charge in [-0.2, -0.15) is 0 Å². The van der Waals surface area contributed by atoms with Crippen LogP contribution in [0.5, 0.6) is 0 Å². The van der Waals surface area contributed by atoms with Gasteiger partial charge in [0.05, 0.1) is 6.61 Å². The van der Waals surface area contributed by atoms with E-state index in [-0.39, 0.29) is 0 Å². The van der Waals surface area contributed by atoms with Crippen LogP contribution in [0.4, 0.5) is 0 Å². The summed E-state index contributed by atoms with van der Waals surface area (Å²) < 4.78 is 4.93. The van der Waals surface area contributed by atoms with Gasteiger partial charge in [-0.3, -0.25) is 4.99 Å². The van der Waals surface area contributed by atoms with Crippen LogP contribution in [-0.2, 0) is 4.74 Å². The molecule has 0 rings (SSSR count). The largest absolute Gasteiger partial charge is 0.380 e. The Hall–Kier alpha value is -0.890. The summed E-state index contributed by atoms with van der Waals surface area (Å²) in [4.78, 5) is 3.75. The highest BCUT2D eigenvalue weighted by Crippen LogP contribution is 1.97. The van der Waals surface area contributed by atoms with Crippen LogP contribution in [0.3, 0.4) is 0 Å². The van der Waals surface area contributed by atoms with Crippen LogP contribution in [0.25, 0.3) is 0 Å². The molecule has 0 heterocycles. The summed E-state index contributed by atoms with van der Waals surface area (Å²) in [6.45, 7) is 7.99. The quantitative estimate of drug-likeness (QED) is 0.448. The van der Waals surface area contributed by atoms with Gasteiger partial charge in [0.15, 0.2) is 0 Å². The summed E-state index contributed by atoms with van der Waals surface area (Å²) in [5.41, 5.74) is 2.09. The van der Waals surface area contributed by atoms with E-state index in [2.05, 4.69) is 11.7 Å². The maximum atomic E-state index is 4.93. The molecule has 62 valence electrons. The molecule has 0 saturated heterocycles. The third kappa shape index (κ3) is 5.55. The van der Waals surface area contributed by atoms with Crippen LogP contribution < -0.4 is 0 Å². The molecule has 0 unspecified atom stereocenters. The van der Waals surface area contributed by atoms with Crippen molar-refractivity contribution in [2.45, 2.75) is 13.8 Å². The topological polar surface area (TPSA) is 21.6 Å². The highest BCUT2D eigenvalue weighted by atomic mass is 16.5. The second-order valence-corrected chi connectivity index (χ2v) is 2.41. The fourth-order valence-electron chi connectivity index (χ4n) is 0.591. The molecule has 0 N–H and O–H groups in total. The highest BCUT2D eigenvalue weighted by molar-refractivity contribution is 5.29. The van der Waals surface area contributed by atoms with Crippen molar-refractivity contribution >= 4 is 6.72 Å². The molecule has 0 radical (unpaired) electrons. The molecule has 0 saturated carbocycles. The first-order valence-corrected chi connectivity index (χ1v) is 3.50. The fraction of sp³-hybridized carbons (Fsp3) is 0.444. The van der Waals surface area contributed by atoms with E-state index < -0.39 is 0 Å². The van der Waals surface area contributed by atoms with Gasteiger partial charge >= 0.3 is 0 Å². The van der Waals surface area contributed by atoms with E-state index >= 15 is 0 Å². The Morgan fingerprint density at radius 1 is 1.45 bits per heavy atom. The first kappa shape index (κ1) is 10.1. The molecule has 11 heavy (non-hydrogen) atoms. The first-order valence-electron chi connectivity index (χ1n) is 3.50. The Labute approximate surface area is 68.3 Å². The summed E-state index contributed by atoms with van der Waals surface area (Å²) in [5, 5.41) is 0. The van der Waals surface area contributed by atoms with Gasteiger partial charge in [0.1, 0.15) is 0 Å².